The Hall–Kier alpha value is -4.79. The van der Waals surface area contributed by atoms with Crippen LogP contribution in [0.3, 0.4) is 0 Å². The third-order valence-corrected chi connectivity index (χ3v) is 5.18. The molecule has 9 heteroatoms. The highest BCUT2D eigenvalue weighted by Crippen LogP contribution is 2.26. The van der Waals surface area contributed by atoms with Gasteiger partial charge in [-0.2, -0.15) is 0 Å². The first-order valence-electron chi connectivity index (χ1n) is 10.9. The number of fused-ring (bicyclic) bond motifs is 1. The standard InChI is InChI=1S/C26H22N4O5/c31-25(17-35-24-13-7-6-12-23(24)30(33)34)27-14-15-28-26(32)20-16-22(18-8-2-1-3-9-18)29-21-11-5-4-10-19(20)21/h1-13,16H,14-15,17H2,(H,27,31)(H,28,32). The van der Waals surface area contributed by atoms with Gasteiger partial charge in [-0.15, -0.1) is 0 Å². The monoisotopic (exact) mass is 470 g/mol. The van der Waals surface area contributed by atoms with Gasteiger partial charge in [-0.3, -0.25) is 19.7 Å². The van der Waals surface area contributed by atoms with Gasteiger partial charge in [0.25, 0.3) is 11.8 Å². The average molecular weight is 470 g/mol. The second-order valence-corrected chi connectivity index (χ2v) is 7.56. The molecular weight excluding hydrogens is 448 g/mol. The molecule has 0 atom stereocenters. The first-order chi connectivity index (χ1) is 17.0. The van der Waals surface area contributed by atoms with Crippen molar-refractivity contribution in [3.05, 3.63) is 101 Å². The number of benzene rings is 3. The van der Waals surface area contributed by atoms with Gasteiger partial charge in [-0.05, 0) is 18.2 Å². The number of nitrogens with one attached hydrogen (secondary N) is 2. The molecule has 0 aliphatic heterocycles. The fourth-order valence-electron chi connectivity index (χ4n) is 3.52. The zero-order valence-electron chi connectivity index (χ0n) is 18.6. The zero-order chi connectivity index (χ0) is 24.6. The summed E-state index contributed by atoms with van der Waals surface area (Å²) in [4.78, 5) is 40.1. The summed E-state index contributed by atoms with van der Waals surface area (Å²) in [5.74, 6) is -0.732. The van der Waals surface area contributed by atoms with Crippen LogP contribution in [-0.2, 0) is 4.79 Å². The molecular formula is C26H22N4O5. The molecule has 0 aliphatic carbocycles. The van der Waals surface area contributed by atoms with E-state index in [0.717, 1.165) is 10.9 Å². The fourth-order valence-corrected chi connectivity index (χ4v) is 3.52. The van der Waals surface area contributed by atoms with Gasteiger partial charge in [-0.25, -0.2) is 4.98 Å². The summed E-state index contributed by atoms with van der Waals surface area (Å²) in [5, 5.41) is 17.2. The molecule has 1 heterocycles. The van der Waals surface area contributed by atoms with Crippen LogP contribution in [-0.4, -0.2) is 41.4 Å². The Labute approximate surface area is 200 Å². The molecule has 4 aromatic rings. The number of ether oxygens (including phenoxy) is 1. The summed E-state index contributed by atoms with van der Waals surface area (Å²) >= 11 is 0. The maximum Gasteiger partial charge on any atom is 0.310 e. The van der Waals surface area contributed by atoms with E-state index >= 15 is 0 Å². The summed E-state index contributed by atoms with van der Waals surface area (Å²) in [6, 6.07) is 24.6. The van der Waals surface area contributed by atoms with Crippen molar-refractivity contribution in [2.24, 2.45) is 0 Å². The van der Waals surface area contributed by atoms with Crippen LogP contribution in [0.2, 0.25) is 0 Å². The number of aromatic nitrogens is 1. The Bertz CT molecular complexity index is 1370. The SMILES string of the molecule is O=C(COc1ccccc1[N+](=O)[O-])NCCNC(=O)c1cc(-c2ccccc2)nc2ccccc12. The highest BCUT2D eigenvalue weighted by atomic mass is 16.6. The maximum atomic E-state index is 13.0. The second kappa shape index (κ2) is 10.9. The topological polar surface area (TPSA) is 123 Å². The summed E-state index contributed by atoms with van der Waals surface area (Å²) in [6.07, 6.45) is 0. The number of pyridine rings is 1. The van der Waals surface area contributed by atoms with Crippen LogP contribution in [0.25, 0.3) is 22.2 Å². The fraction of sp³-hybridized carbons (Fsp3) is 0.115. The maximum absolute atomic E-state index is 13.0. The Morgan fingerprint density at radius 3 is 2.37 bits per heavy atom. The molecule has 4 rings (SSSR count). The van der Waals surface area contributed by atoms with Gasteiger partial charge in [0.05, 0.1) is 21.7 Å². The first kappa shape index (κ1) is 23.4. The molecule has 0 radical (unpaired) electrons. The molecule has 0 unspecified atom stereocenters. The van der Waals surface area contributed by atoms with Crippen molar-refractivity contribution >= 4 is 28.4 Å². The van der Waals surface area contributed by atoms with Gasteiger partial charge in [0.15, 0.2) is 12.4 Å². The van der Waals surface area contributed by atoms with Crippen molar-refractivity contribution in [1.29, 1.82) is 0 Å². The number of nitrogens with zero attached hydrogens (tertiary/aromatic N) is 2. The number of rotatable bonds is 9. The van der Waals surface area contributed by atoms with Crippen molar-refractivity contribution in [3.63, 3.8) is 0 Å². The van der Waals surface area contributed by atoms with Gasteiger partial charge in [-0.1, -0.05) is 60.7 Å². The lowest BCUT2D eigenvalue weighted by Crippen LogP contribution is -2.36. The molecule has 0 saturated heterocycles. The minimum absolute atomic E-state index is 0.0136. The van der Waals surface area contributed by atoms with Crippen LogP contribution in [0.1, 0.15) is 10.4 Å². The van der Waals surface area contributed by atoms with E-state index in [1.54, 1.807) is 12.1 Å². The number of nitro groups is 1. The van der Waals surface area contributed by atoms with Gasteiger partial charge >= 0.3 is 5.69 Å². The lowest BCUT2D eigenvalue weighted by molar-refractivity contribution is -0.385. The van der Waals surface area contributed by atoms with Gasteiger partial charge < -0.3 is 15.4 Å². The van der Waals surface area contributed by atoms with E-state index in [1.165, 1.54) is 18.2 Å². The predicted octanol–water partition coefficient (Wildman–Crippen LogP) is 3.74. The van der Waals surface area contributed by atoms with E-state index in [4.69, 9.17) is 4.74 Å². The van der Waals surface area contributed by atoms with Crippen LogP contribution in [0, 0.1) is 10.1 Å². The van der Waals surface area contributed by atoms with E-state index in [9.17, 15) is 19.7 Å². The van der Waals surface area contributed by atoms with Gasteiger partial charge in [0.2, 0.25) is 0 Å². The molecule has 2 N–H and O–H groups in total. The molecule has 0 spiro atoms. The Kier molecular flexibility index (Phi) is 7.27. The number of carbonyl (C=O) groups excluding carboxylic acids is 2. The van der Waals surface area contributed by atoms with E-state index in [0.29, 0.717) is 16.8 Å². The summed E-state index contributed by atoms with van der Waals surface area (Å²) < 4.78 is 5.26. The predicted molar refractivity (Wildman–Crippen MR) is 131 cm³/mol. The van der Waals surface area contributed by atoms with Crippen molar-refractivity contribution in [1.82, 2.24) is 15.6 Å². The summed E-state index contributed by atoms with van der Waals surface area (Å²) in [6.45, 7) is -0.0268. The molecule has 0 aliphatic rings. The molecule has 176 valence electrons. The average Bonchev–Trinajstić information content (AvgIpc) is 2.89. The smallest absolute Gasteiger partial charge is 0.310 e. The van der Waals surface area contributed by atoms with Crippen LogP contribution in [0.15, 0.2) is 84.9 Å². The minimum Gasteiger partial charge on any atom is -0.477 e. The number of hydrogen-bond acceptors (Lipinski definition) is 6. The van der Waals surface area contributed by atoms with Crippen molar-refractivity contribution in [2.45, 2.75) is 0 Å². The molecule has 0 saturated carbocycles. The number of amides is 2. The largest absolute Gasteiger partial charge is 0.477 e. The molecule has 9 nitrogen and oxygen atoms in total. The van der Waals surface area contributed by atoms with Crippen LogP contribution in [0.5, 0.6) is 5.75 Å². The molecule has 0 bridgehead atoms. The van der Waals surface area contributed by atoms with E-state index < -0.39 is 10.8 Å². The van der Waals surface area contributed by atoms with E-state index in [-0.39, 0.29) is 37.0 Å². The van der Waals surface area contributed by atoms with Crippen LogP contribution in [0.4, 0.5) is 5.69 Å². The summed E-state index contributed by atoms with van der Waals surface area (Å²) in [7, 11) is 0. The van der Waals surface area contributed by atoms with E-state index in [1.807, 2.05) is 54.6 Å². The van der Waals surface area contributed by atoms with Crippen molar-refractivity contribution < 1.29 is 19.2 Å². The quantitative estimate of drug-likeness (QED) is 0.218. The van der Waals surface area contributed by atoms with Gasteiger partial charge in [0, 0.05) is 30.1 Å². The molecule has 3 aromatic carbocycles. The zero-order valence-corrected chi connectivity index (χ0v) is 18.6. The number of carbonyl (C=O) groups is 2. The van der Waals surface area contributed by atoms with Gasteiger partial charge in [0.1, 0.15) is 0 Å². The highest BCUT2D eigenvalue weighted by Gasteiger charge is 2.16. The van der Waals surface area contributed by atoms with Crippen LogP contribution < -0.4 is 15.4 Å². The Morgan fingerprint density at radius 2 is 1.57 bits per heavy atom. The number of para-hydroxylation sites is 3. The molecule has 1 aromatic heterocycles. The minimum atomic E-state index is -0.575. The number of nitro benzene ring substituents is 1. The lowest BCUT2D eigenvalue weighted by Gasteiger charge is -2.11. The normalized spacial score (nSPS) is 10.5. The molecule has 0 fully saturated rings. The first-order valence-corrected chi connectivity index (χ1v) is 10.9. The third kappa shape index (κ3) is 5.77. The Morgan fingerprint density at radius 1 is 0.886 bits per heavy atom. The molecule has 35 heavy (non-hydrogen) atoms. The van der Waals surface area contributed by atoms with E-state index in [2.05, 4.69) is 15.6 Å². The number of hydrogen-bond donors (Lipinski definition) is 2. The van der Waals surface area contributed by atoms with Crippen LogP contribution >= 0.6 is 0 Å². The second-order valence-electron chi connectivity index (χ2n) is 7.56. The third-order valence-electron chi connectivity index (χ3n) is 5.18. The lowest BCUT2D eigenvalue weighted by atomic mass is 10.0. The van der Waals surface area contributed by atoms with Crippen molar-refractivity contribution in [2.75, 3.05) is 19.7 Å². The highest BCUT2D eigenvalue weighted by molar-refractivity contribution is 6.07. The Balaban J connectivity index is 1.35. The summed E-state index contributed by atoms with van der Waals surface area (Å²) in [5.41, 5.74) is 2.57. The van der Waals surface area contributed by atoms with Crippen molar-refractivity contribution in [3.8, 4) is 17.0 Å². The molecule has 2 amide bonds.